The number of nitrogens with zero attached hydrogens (tertiary/aromatic N) is 2. The molecule has 0 saturated heterocycles. The molecule has 3 nitrogen and oxygen atoms in total. The van der Waals surface area contributed by atoms with Crippen LogP contribution in [0.15, 0.2) is 29.9 Å². The van der Waals surface area contributed by atoms with E-state index in [0.29, 0.717) is 0 Å². The molecule has 0 spiro atoms. The van der Waals surface area contributed by atoms with E-state index in [1.807, 2.05) is 30.6 Å². The molecule has 0 unspecified atom stereocenters. The van der Waals surface area contributed by atoms with Crippen LogP contribution in [0.4, 0.5) is 5.69 Å². The van der Waals surface area contributed by atoms with E-state index in [9.17, 15) is 0 Å². The van der Waals surface area contributed by atoms with Gasteiger partial charge >= 0.3 is 0 Å². The minimum atomic E-state index is 0.768. The van der Waals surface area contributed by atoms with Gasteiger partial charge in [-0.2, -0.15) is 0 Å². The van der Waals surface area contributed by atoms with E-state index in [1.165, 1.54) is 0 Å². The Hall–Kier alpha value is -1.42. The number of hydrogen-bond acceptors (Lipinski definition) is 4. The molecule has 72 valence electrons. The van der Waals surface area contributed by atoms with Crippen molar-refractivity contribution in [2.24, 2.45) is 0 Å². The van der Waals surface area contributed by atoms with Gasteiger partial charge in [0.05, 0.1) is 17.9 Å². The highest BCUT2D eigenvalue weighted by atomic mass is 32.1. The third-order valence-electron chi connectivity index (χ3n) is 1.92. The van der Waals surface area contributed by atoms with Gasteiger partial charge in [0.25, 0.3) is 0 Å². The van der Waals surface area contributed by atoms with Crippen molar-refractivity contribution in [2.75, 3.05) is 5.32 Å². The topological polar surface area (TPSA) is 37.8 Å². The van der Waals surface area contributed by atoms with Gasteiger partial charge in [-0.25, -0.2) is 4.98 Å². The quantitative estimate of drug-likeness (QED) is 0.836. The summed E-state index contributed by atoms with van der Waals surface area (Å²) in [6.07, 6.45) is 3.61. The molecule has 2 aromatic rings. The molecule has 0 aliphatic carbocycles. The van der Waals surface area contributed by atoms with Crippen LogP contribution in [0.5, 0.6) is 0 Å². The molecule has 0 saturated carbocycles. The first kappa shape index (κ1) is 9.15. The molecule has 14 heavy (non-hydrogen) atoms. The van der Waals surface area contributed by atoms with Gasteiger partial charge in [0.1, 0.15) is 5.01 Å². The average Bonchev–Trinajstić information content (AvgIpc) is 2.69. The van der Waals surface area contributed by atoms with Crippen LogP contribution in [0.3, 0.4) is 0 Å². The summed E-state index contributed by atoms with van der Waals surface area (Å²) in [5.74, 6) is 0. The molecule has 0 aliphatic rings. The molecule has 0 aliphatic heterocycles. The lowest BCUT2D eigenvalue weighted by molar-refractivity contribution is 1.08. The van der Waals surface area contributed by atoms with Gasteiger partial charge in [-0.1, -0.05) is 0 Å². The first-order valence-electron chi connectivity index (χ1n) is 4.40. The first-order valence-corrected chi connectivity index (χ1v) is 5.28. The zero-order valence-corrected chi connectivity index (χ0v) is 8.71. The van der Waals surface area contributed by atoms with Crippen molar-refractivity contribution < 1.29 is 0 Å². The van der Waals surface area contributed by atoms with E-state index in [2.05, 4.69) is 15.3 Å². The van der Waals surface area contributed by atoms with Crippen molar-refractivity contribution >= 4 is 17.0 Å². The van der Waals surface area contributed by atoms with Crippen molar-refractivity contribution in [1.82, 2.24) is 9.97 Å². The van der Waals surface area contributed by atoms with E-state index in [4.69, 9.17) is 0 Å². The second-order valence-corrected chi connectivity index (χ2v) is 3.89. The van der Waals surface area contributed by atoms with Gasteiger partial charge < -0.3 is 5.32 Å². The van der Waals surface area contributed by atoms with Crippen LogP contribution in [-0.4, -0.2) is 9.97 Å². The minimum Gasteiger partial charge on any atom is -0.377 e. The Bertz CT molecular complexity index is 398. The second kappa shape index (κ2) is 4.19. The number of hydrogen-bond donors (Lipinski definition) is 1. The van der Waals surface area contributed by atoms with Crippen molar-refractivity contribution in [3.8, 4) is 0 Å². The molecule has 2 aromatic heterocycles. The highest BCUT2D eigenvalue weighted by molar-refractivity contribution is 7.09. The van der Waals surface area contributed by atoms with Gasteiger partial charge in [-0.15, -0.1) is 11.3 Å². The van der Waals surface area contributed by atoms with Crippen LogP contribution in [0.1, 0.15) is 10.7 Å². The summed E-state index contributed by atoms with van der Waals surface area (Å²) in [6, 6.07) is 3.95. The zero-order chi connectivity index (χ0) is 9.80. The zero-order valence-electron chi connectivity index (χ0n) is 7.90. The third-order valence-corrected chi connectivity index (χ3v) is 2.70. The Balaban J connectivity index is 2.02. The molecule has 2 heterocycles. The molecule has 0 amide bonds. The first-order chi connectivity index (χ1) is 6.86. The number of nitrogens with one attached hydrogen (secondary N) is 1. The van der Waals surface area contributed by atoms with Gasteiger partial charge in [-0.3, -0.25) is 4.98 Å². The van der Waals surface area contributed by atoms with Gasteiger partial charge in [0.15, 0.2) is 0 Å². The molecule has 0 aromatic carbocycles. The number of aryl methyl sites for hydroxylation is 1. The van der Waals surface area contributed by atoms with Crippen LogP contribution >= 0.6 is 11.3 Å². The van der Waals surface area contributed by atoms with Crippen LogP contribution in [0, 0.1) is 6.92 Å². The van der Waals surface area contributed by atoms with E-state index in [-0.39, 0.29) is 0 Å². The summed E-state index contributed by atoms with van der Waals surface area (Å²) in [4.78, 5) is 8.40. The van der Waals surface area contributed by atoms with Crippen molar-refractivity contribution in [1.29, 1.82) is 0 Å². The molecular weight excluding hydrogens is 194 g/mol. The molecule has 0 atom stereocenters. The minimum absolute atomic E-state index is 0.768. The monoisotopic (exact) mass is 205 g/mol. The highest BCUT2D eigenvalue weighted by Gasteiger charge is 1.98. The maximum Gasteiger partial charge on any atom is 0.112 e. The highest BCUT2D eigenvalue weighted by Crippen LogP contribution is 2.12. The van der Waals surface area contributed by atoms with Crippen molar-refractivity contribution in [3.05, 3.63) is 40.6 Å². The molecular formula is C10H11N3S. The molecule has 2 rings (SSSR count). The summed E-state index contributed by atoms with van der Waals surface area (Å²) in [5, 5.41) is 6.37. The van der Waals surface area contributed by atoms with Gasteiger partial charge in [-0.05, 0) is 19.1 Å². The number of aromatic nitrogens is 2. The number of rotatable bonds is 3. The lowest BCUT2D eigenvalue weighted by Crippen LogP contribution is -2.01. The summed E-state index contributed by atoms with van der Waals surface area (Å²) in [5.41, 5.74) is 2.09. The summed E-state index contributed by atoms with van der Waals surface area (Å²) in [7, 11) is 0. The SMILES string of the molecule is Cc1ncccc1NCc1nccs1. The maximum absolute atomic E-state index is 4.20. The Morgan fingerprint density at radius 1 is 1.36 bits per heavy atom. The molecule has 4 heteroatoms. The second-order valence-electron chi connectivity index (χ2n) is 2.92. The molecule has 0 fully saturated rings. The van der Waals surface area contributed by atoms with Crippen LogP contribution in [-0.2, 0) is 6.54 Å². The lowest BCUT2D eigenvalue weighted by atomic mass is 10.3. The maximum atomic E-state index is 4.20. The van der Waals surface area contributed by atoms with E-state index in [1.54, 1.807) is 17.5 Å². The summed E-state index contributed by atoms with van der Waals surface area (Å²) in [6.45, 7) is 2.76. The van der Waals surface area contributed by atoms with Crippen LogP contribution in [0.25, 0.3) is 0 Å². The Labute approximate surface area is 86.8 Å². The standard InChI is InChI=1S/C10H11N3S/c1-8-9(3-2-4-11-8)13-7-10-12-5-6-14-10/h2-6,13H,7H2,1H3. The Morgan fingerprint density at radius 2 is 2.29 bits per heavy atom. The largest absolute Gasteiger partial charge is 0.377 e. The third kappa shape index (κ3) is 2.09. The molecule has 0 radical (unpaired) electrons. The summed E-state index contributed by atoms with van der Waals surface area (Å²) >= 11 is 1.65. The lowest BCUT2D eigenvalue weighted by Gasteiger charge is -2.05. The van der Waals surface area contributed by atoms with Crippen molar-refractivity contribution in [2.45, 2.75) is 13.5 Å². The van der Waals surface area contributed by atoms with E-state index in [0.717, 1.165) is 22.9 Å². The number of anilines is 1. The predicted molar refractivity (Wildman–Crippen MR) is 58.4 cm³/mol. The average molecular weight is 205 g/mol. The fourth-order valence-electron chi connectivity index (χ4n) is 1.18. The van der Waals surface area contributed by atoms with Crippen LogP contribution in [0.2, 0.25) is 0 Å². The number of thiazole rings is 1. The Kier molecular flexibility index (Phi) is 2.74. The van der Waals surface area contributed by atoms with E-state index < -0.39 is 0 Å². The molecule has 0 bridgehead atoms. The van der Waals surface area contributed by atoms with Crippen molar-refractivity contribution in [3.63, 3.8) is 0 Å². The predicted octanol–water partition coefficient (Wildman–Crippen LogP) is 2.46. The van der Waals surface area contributed by atoms with Gasteiger partial charge in [0.2, 0.25) is 0 Å². The smallest absolute Gasteiger partial charge is 0.112 e. The fraction of sp³-hybridized carbons (Fsp3) is 0.200. The Morgan fingerprint density at radius 3 is 3.00 bits per heavy atom. The van der Waals surface area contributed by atoms with E-state index >= 15 is 0 Å². The normalized spacial score (nSPS) is 10.1. The summed E-state index contributed by atoms with van der Waals surface area (Å²) < 4.78 is 0. The number of pyridine rings is 1. The molecule has 1 N–H and O–H groups in total. The fourth-order valence-corrected chi connectivity index (χ4v) is 1.74. The van der Waals surface area contributed by atoms with Crippen LogP contribution < -0.4 is 5.32 Å². The van der Waals surface area contributed by atoms with Gasteiger partial charge in [0, 0.05) is 17.8 Å².